The molecular formula is C21H31N2O2+. The maximum Gasteiger partial charge on any atom is 0.335 e. The van der Waals surface area contributed by atoms with Gasteiger partial charge in [-0.05, 0) is 30.5 Å². The predicted octanol–water partition coefficient (Wildman–Crippen LogP) is 4.36. The van der Waals surface area contributed by atoms with E-state index >= 15 is 0 Å². The molecule has 0 fully saturated rings. The van der Waals surface area contributed by atoms with Crippen LogP contribution in [0.5, 0.6) is 0 Å². The van der Waals surface area contributed by atoms with Crippen molar-refractivity contribution in [1.82, 2.24) is 4.57 Å². The molecule has 25 heavy (non-hydrogen) atoms. The molecule has 0 aliphatic heterocycles. The topological polar surface area (TPSA) is 46.1 Å². The Morgan fingerprint density at radius 3 is 2.40 bits per heavy atom. The number of aryl methyl sites for hydroxylation is 1. The van der Waals surface area contributed by atoms with Crippen LogP contribution in [0.4, 0.5) is 0 Å². The lowest BCUT2D eigenvalue weighted by atomic mass is 10.1. The maximum atomic E-state index is 11.0. The van der Waals surface area contributed by atoms with Crippen LogP contribution in [0, 0.1) is 6.92 Å². The summed E-state index contributed by atoms with van der Waals surface area (Å²) in [7, 11) is 0. The van der Waals surface area contributed by atoms with E-state index in [9.17, 15) is 4.79 Å². The van der Waals surface area contributed by atoms with Crippen molar-refractivity contribution in [2.75, 3.05) is 0 Å². The summed E-state index contributed by atoms with van der Waals surface area (Å²) in [6, 6.07) is 7.22. The third kappa shape index (κ3) is 5.18. The summed E-state index contributed by atoms with van der Waals surface area (Å²) in [4.78, 5) is 11.0. The molecule has 0 radical (unpaired) electrons. The molecule has 1 aromatic heterocycles. The number of carboxylic acids is 1. The van der Waals surface area contributed by atoms with Crippen LogP contribution in [0.2, 0.25) is 0 Å². The molecule has 4 heteroatoms. The van der Waals surface area contributed by atoms with Crippen molar-refractivity contribution in [2.24, 2.45) is 0 Å². The zero-order chi connectivity index (χ0) is 18.2. The normalized spacial score (nSPS) is 11.0. The zero-order valence-corrected chi connectivity index (χ0v) is 15.8. The predicted molar refractivity (Wildman–Crippen MR) is 100 cm³/mol. The Labute approximate surface area is 151 Å². The number of aromatic nitrogens is 2. The molecule has 2 rings (SSSR count). The summed E-state index contributed by atoms with van der Waals surface area (Å²) in [6.07, 6.45) is 9.51. The third-order valence-corrected chi connectivity index (χ3v) is 4.67. The molecule has 0 atom stereocenters. The fourth-order valence-electron chi connectivity index (χ4n) is 3.33. The SMILES string of the molecule is CCCCCCc1n(CCC)c(C)c[n+]1Cc1ccc(C(=O)O)cc1. The molecule has 0 amide bonds. The highest BCUT2D eigenvalue weighted by atomic mass is 16.4. The van der Waals surface area contributed by atoms with Crippen LogP contribution in [0.15, 0.2) is 30.5 Å². The van der Waals surface area contributed by atoms with E-state index in [1.54, 1.807) is 12.1 Å². The summed E-state index contributed by atoms with van der Waals surface area (Å²) >= 11 is 0. The minimum Gasteiger partial charge on any atom is -0.478 e. The number of imidazole rings is 1. The number of hydrogen-bond donors (Lipinski definition) is 1. The summed E-state index contributed by atoms with van der Waals surface area (Å²) in [6.45, 7) is 8.48. The first-order valence-corrected chi connectivity index (χ1v) is 9.47. The van der Waals surface area contributed by atoms with Crippen molar-refractivity contribution in [3.05, 3.63) is 53.1 Å². The maximum absolute atomic E-state index is 11.0. The minimum atomic E-state index is -0.874. The lowest BCUT2D eigenvalue weighted by Gasteiger charge is -2.06. The first kappa shape index (κ1) is 19.2. The summed E-state index contributed by atoms with van der Waals surface area (Å²) in [5, 5.41) is 9.04. The standard InChI is InChI=1S/C21H30N2O2/c1-4-6-7-8-9-20-22(15-17(3)23(20)14-5-2)16-18-10-12-19(13-11-18)21(24)25/h10-13,15H,4-9,14,16H2,1-3H3/p+1. The van der Waals surface area contributed by atoms with Crippen molar-refractivity contribution in [1.29, 1.82) is 0 Å². The zero-order valence-electron chi connectivity index (χ0n) is 15.8. The second kappa shape index (κ2) is 9.40. The highest BCUT2D eigenvalue weighted by Gasteiger charge is 2.20. The smallest absolute Gasteiger partial charge is 0.335 e. The first-order valence-electron chi connectivity index (χ1n) is 9.47. The Kier molecular flexibility index (Phi) is 7.23. The van der Waals surface area contributed by atoms with E-state index in [-0.39, 0.29) is 0 Å². The van der Waals surface area contributed by atoms with Gasteiger partial charge in [-0.3, -0.25) is 0 Å². The number of carboxylic acid groups (broad SMARTS) is 1. The van der Waals surface area contributed by atoms with Gasteiger partial charge in [0.1, 0.15) is 18.4 Å². The Hall–Kier alpha value is -2.10. The number of unbranched alkanes of at least 4 members (excludes halogenated alkanes) is 3. The molecule has 0 saturated carbocycles. The molecule has 1 heterocycles. The van der Waals surface area contributed by atoms with Crippen LogP contribution >= 0.6 is 0 Å². The lowest BCUT2D eigenvalue weighted by Crippen LogP contribution is -2.38. The molecule has 1 aromatic carbocycles. The van der Waals surface area contributed by atoms with Gasteiger partial charge in [-0.1, -0.05) is 45.2 Å². The Bertz CT molecular complexity index is 687. The average Bonchev–Trinajstić information content (AvgIpc) is 2.88. The van der Waals surface area contributed by atoms with E-state index < -0.39 is 5.97 Å². The summed E-state index contributed by atoms with van der Waals surface area (Å²) in [5.74, 6) is 0.513. The molecule has 0 bridgehead atoms. The van der Waals surface area contributed by atoms with Crippen molar-refractivity contribution in [3.8, 4) is 0 Å². The number of hydrogen-bond acceptors (Lipinski definition) is 1. The van der Waals surface area contributed by atoms with Gasteiger partial charge in [-0.25, -0.2) is 13.9 Å². The van der Waals surface area contributed by atoms with E-state index in [0.717, 1.165) is 31.5 Å². The Morgan fingerprint density at radius 2 is 1.80 bits per heavy atom. The molecule has 1 N–H and O–H groups in total. The molecule has 4 nitrogen and oxygen atoms in total. The molecule has 0 aliphatic carbocycles. The van der Waals surface area contributed by atoms with Gasteiger partial charge in [0.25, 0.3) is 5.82 Å². The van der Waals surface area contributed by atoms with Crippen LogP contribution in [0.3, 0.4) is 0 Å². The number of nitrogens with zero attached hydrogens (tertiary/aromatic N) is 2. The van der Waals surface area contributed by atoms with Gasteiger partial charge >= 0.3 is 5.97 Å². The van der Waals surface area contributed by atoms with E-state index in [0.29, 0.717) is 5.56 Å². The average molecular weight is 343 g/mol. The minimum absolute atomic E-state index is 0.341. The highest BCUT2D eigenvalue weighted by Crippen LogP contribution is 2.12. The lowest BCUT2D eigenvalue weighted by molar-refractivity contribution is -0.695. The molecule has 0 saturated heterocycles. The second-order valence-corrected chi connectivity index (χ2v) is 6.78. The van der Waals surface area contributed by atoms with Crippen LogP contribution in [-0.4, -0.2) is 15.6 Å². The van der Waals surface area contributed by atoms with Crippen LogP contribution in [-0.2, 0) is 19.5 Å². The van der Waals surface area contributed by atoms with E-state index in [4.69, 9.17) is 5.11 Å². The molecule has 136 valence electrons. The molecule has 0 unspecified atom stereocenters. The quantitative estimate of drug-likeness (QED) is 0.514. The monoisotopic (exact) mass is 343 g/mol. The van der Waals surface area contributed by atoms with E-state index in [1.807, 2.05) is 12.1 Å². The Morgan fingerprint density at radius 1 is 1.08 bits per heavy atom. The largest absolute Gasteiger partial charge is 0.478 e. The summed E-state index contributed by atoms with van der Waals surface area (Å²) < 4.78 is 4.78. The number of aromatic carboxylic acids is 1. The third-order valence-electron chi connectivity index (χ3n) is 4.67. The van der Waals surface area contributed by atoms with Gasteiger partial charge in [0.05, 0.1) is 12.1 Å². The van der Waals surface area contributed by atoms with Crippen molar-refractivity contribution in [2.45, 2.75) is 72.4 Å². The van der Waals surface area contributed by atoms with Crippen molar-refractivity contribution in [3.63, 3.8) is 0 Å². The molecule has 0 aliphatic rings. The molecular weight excluding hydrogens is 312 g/mol. The van der Waals surface area contributed by atoms with E-state index in [2.05, 4.69) is 36.1 Å². The van der Waals surface area contributed by atoms with Gasteiger partial charge in [0, 0.05) is 13.3 Å². The van der Waals surface area contributed by atoms with Crippen LogP contribution in [0.1, 0.15) is 73.4 Å². The van der Waals surface area contributed by atoms with Crippen LogP contribution < -0.4 is 4.57 Å². The van der Waals surface area contributed by atoms with E-state index in [1.165, 1.54) is 37.2 Å². The molecule has 0 spiro atoms. The highest BCUT2D eigenvalue weighted by molar-refractivity contribution is 5.87. The second-order valence-electron chi connectivity index (χ2n) is 6.78. The fraction of sp³-hybridized carbons (Fsp3) is 0.524. The van der Waals surface area contributed by atoms with Gasteiger partial charge in [-0.2, -0.15) is 0 Å². The van der Waals surface area contributed by atoms with Gasteiger partial charge < -0.3 is 5.11 Å². The first-order chi connectivity index (χ1) is 12.1. The molecule has 2 aromatic rings. The van der Waals surface area contributed by atoms with Crippen molar-refractivity contribution < 1.29 is 14.5 Å². The van der Waals surface area contributed by atoms with Crippen molar-refractivity contribution >= 4 is 5.97 Å². The van der Waals surface area contributed by atoms with Gasteiger partial charge in [-0.15, -0.1) is 0 Å². The number of carbonyl (C=O) groups is 1. The number of benzene rings is 1. The fourth-order valence-corrected chi connectivity index (χ4v) is 3.33. The van der Waals surface area contributed by atoms with Gasteiger partial charge in [0.15, 0.2) is 0 Å². The summed E-state index contributed by atoms with van der Waals surface area (Å²) in [5.41, 5.74) is 2.78. The van der Waals surface area contributed by atoms with Gasteiger partial charge in [0.2, 0.25) is 0 Å². The Balaban J connectivity index is 2.19. The van der Waals surface area contributed by atoms with Crippen LogP contribution in [0.25, 0.3) is 0 Å². The number of rotatable bonds is 10.